The lowest BCUT2D eigenvalue weighted by Gasteiger charge is -2.05. The van der Waals surface area contributed by atoms with E-state index in [-0.39, 0.29) is 5.91 Å². The van der Waals surface area contributed by atoms with Crippen molar-refractivity contribution in [3.05, 3.63) is 77.6 Å². The van der Waals surface area contributed by atoms with Crippen molar-refractivity contribution in [1.82, 2.24) is 9.97 Å². The summed E-state index contributed by atoms with van der Waals surface area (Å²) in [5.41, 5.74) is 3.26. The monoisotopic (exact) mass is 349 g/mol. The molecule has 0 radical (unpaired) electrons. The van der Waals surface area contributed by atoms with Crippen molar-refractivity contribution in [2.45, 2.75) is 0 Å². The maximum absolute atomic E-state index is 12.3. The molecule has 0 saturated carbocycles. The zero-order valence-corrected chi connectivity index (χ0v) is 13.7. The predicted molar refractivity (Wildman–Crippen MR) is 96.6 cm³/mol. The molecule has 1 amide bonds. The van der Waals surface area contributed by atoms with Crippen molar-refractivity contribution in [2.75, 3.05) is 5.32 Å². The average molecular weight is 350 g/mol. The van der Waals surface area contributed by atoms with Gasteiger partial charge in [0, 0.05) is 40.3 Å². The van der Waals surface area contributed by atoms with Gasteiger partial charge in [-0.25, -0.2) is 4.98 Å². The number of oxazole rings is 1. The molecular formula is C19H12ClN3O2. The average Bonchev–Trinajstić information content (AvgIpc) is 3.06. The van der Waals surface area contributed by atoms with Crippen LogP contribution < -0.4 is 5.32 Å². The molecule has 0 atom stereocenters. The Balaban J connectivity index is 1.62. The summed E-state index contributed by atoms with van der Waals surface area (Å²) in [5, 5.41) is 3.35. The molecule has 2 aromatic heterocycles. The van der Waals surface area contributed by atoms with Crippen molar-refractivity contribution < 1.29 is 9.21 Å². The van der Waals surface area contributed by atoms with Crippen LogP contribution in [0.15, 0.2) is 71.4 Å². The summed E-state index contributed by atoms with van der Waals surface area (Å²) in [5.74, 6) is 0.270. The Labute approximate surface area is 148 Å². The van der Waals surface area contributed by atoms with Gasteiger partial charge in [0.15, 0.2) is 5.58 Å². The zero-order chi connectivity index (χ0) is 17.2. The van der Waals surface area contributed by atoms with E-state index >= 15 is 0 Å². The molecule has 2 heterocycles. The number of pyridine rings is 1. The fourth-order valence-electron chi connectivity index (χ4n) is 2.45. The van der Waals surface area contributed by atoms with Crippen LogP contribution in [0.5, 0.6) is 0 Å². The number of nitrogens with one attached hydrogen (secondary N) is 1. The van der Waals surface area contributed by atoms with E-state index in [0.29, 0.717) is 33.3 Å². The molecule has 2 aromatic carbocycles. The van der Waals surface area contributed by atoms with Crippen LogP contribution in [0.3, 0.4) is 0 Å². The number of hydrogen-bond donors (Lipinski definition) is 1. The van der Waals surface area contributed by atoms with Crippen LogP contribution in [0, 0.1) is 0 Å². The van der Waals surface area contributed by atoms with E-state index in [4.69, 9.17) is 16.0 Å². The first-order valence-corrected chi connectivity index (χ1v) is 7.95. The summed E-state index contributed by atoms with van der Waals surface area (Å²) in [6.45, 7) is 0. The minimum atomic E-state index is -0.240. The lowest BCUT2D eigenvalue weighted by atomic mass is 10.2. The molecule has 0 saturated heterocycles. The second-order valence-corrected chi connectivity index (χ2v) is 5.84. The Morgan fingerprint density at radius 1 is 1.04 bits per heavy atom. The van der Waals surface area contributed by atoms with Gasteiger partial charge in [0.05, 0.1) is 0 Å². The third-order valence-corrected chi connectivity index (χ3v) is 3.90. The topological polar surface area (TPSA) is 68.0 Å². The molecule has 0 spiro atoms. The Hall–Kier alpha value is -3.18. The van der Waals surface area contributed by atoms with Crippen LogP contribution in [0.25, 0.3) is 22.6 Å². The third kappa shape index (κ3) is 3.22. The molecule has 1 N–H and O–H groups in total. The van der Waals surface area contributed by atoms with Crippen LogP contribution in [-0.2, 0) is 0 Å². The normalized spacial score (nSPS) is 10.8. The van der Waals surface area contributed by atoms with Crippen molar-refractivity contribution in [2.24, 2.45) is 0 Å². The summed E-state index contributed by atoms with van der Waals surface area (Å²) >= 11 is 5.92. The maximum atomic E-state index is 12.3. The molecule has 122 valence electrons. The van der Waals surface area contributed by atoms with Crippen LogP contribution >= 0.6 is 11.6 Å². The van der Waals surface area contributed by atoms with Crippen LogP contribution in [0.2, 0.25) is 5.02 Å². The highest BCUT2D eigenvalue weighted by Gasteiger charge is 2.11. The standard InChI is InChI=1S/C19H12ClN3O2/c20-14-3-1-2-13(10-14)18(24)22-15-4-5-16-17(11-15)25-19(23-16)12-6-8-21-9-7-12/h1-11H,(H,22,24). The number of carbonyl (C=O) groups excluding carboxylic acids is 1. The van der Waals surface area contributed by atoms with E-state index < -0.39 is 0 Å². The molecule has 0 fully saturated rings. The van der Waals surface area contributed by atoms with E-state index in [1.807, 2.05) is 12.1 Å². The number of carbonyl (C=O) groups is 1. The molecular weight excluding hydrogens is 338 g/mol. The smallest absolute Gasteiger partial charge is 0.255 e. The van der Waals surface area contributed by atoms with Gasteiger partial charge in [-0.15, -0.1) is 0 Å². The Kier molecular flexibility index (Phi) is 3.91. The van der Waals surface area contributed by atoms with E-state index in [1.54, 1.807) is 54.9 Å². The fourth-order valence-corrected chi connectivity index (χ4v) is 2.64. The van der Waals surface area contributed by atoms with E-state index in [9.17, 15) is 4.79 Å². The molecule has 0 aliphatic heterocycles. The number of anilines is 1. The molecule has 4 aromatic rings. The highest BCUT2D eigenvalue weighted by atomic mass is 35.5. The van der Waals surface area contributed by atoms with E-state index in [2.05, 4.69) is 15.3 Å². The Morgan fingerprint density at radius 3 is 2.68 bits per heavy atom. The summed E-state index contributed by atoms with van der Waals surface area (Å²) in [6.07, 6.45) is 3.36. The number of hydrogen-bond acceptors (Lipinski definition) is 4. The molecule has 0 unspecified atom stereocenters. The Morgan fingerprint density at radius 2 is 1.88 bits per heavy atom. The van der Waals surface area contributed by atoms with Gasteiger partial charge < -0.3 is 9.73 Å². The van der Waals surface area contributed by atoms with Gasteiger partial charge in [0.25, 0.3) is 5.91 Å². The number of aromatic nitrogens is 2. The van der Waals surface area contributed by atoms with Gasteiger partial charge in [-0.2, -0.15) is 0 Å². The van der Waals surface area contributed by atoms with Crippen molar-refractivity contribution >= 4 is 34.3 Å². The minimum absolute atomic E-state index is 0.240. The van der Waals surface area contributed by atoms with Gasteiger partial charge >= 0.3 is 0 Å². The minimum Gasteiger partial charge on any atom is -0.436 e. The first kappa shape index (κ1) is 15.4. The molecule has 0 aliphatic carbocycles. The molecule has 6 heteroatoms. The summed E-state index contributed by atoms with van der Waals surface area (Å²) in [7, 11) is 0. The first-order valence-electron chi connectivity index (χ1n) is 7.57. The molecule has 5 nitrogen and oxygen atoms in total. The number of benzene rings is 2. The van der Waals surface area contributed by atoms with Crippen molar-refractivity contribution in [3.8, 4) is 11.5 Å². The second-order valence-electron chi connectivity index (χ2n) is 5.40. The number of amides is 1. The zero-order valence-electron chi connectivity index (χ0n) is 12.9. The Bertz CT molecular complexity index is 1060. The van der Waals surface area contributed by atoms with Crippen molar-refractivity contribution in [3.63, 3.8) is 0 Å². The SMILES string of the molecule is O=C(Nc1ccc2nc(-c3ccncc3)oc2c1)c1cccc(Cl)c1. The highest BCUT2D eigenvalue weighted by molar-refractivity contribution is 6.31. The third-order valence-electron chi connectivity index (χ3n) is 3.66. The van der Waals surface area contributed by atoms with E-state index in [1.165, 1.54) is 0 Å². The van der Waals surface area contributed by atoms with Crippen molar-refractivity contribution in [1.29, 1.82) is 0 Å². The molecule has 0 aliphatic rings. The first-order chi connectivity index (χ1) is 12.2. The lowest BCUT2D eigenvalue weighted by Crippen LogP contribution is -2.11. The largest absolute Gasteiger partial charge is 0.436 e. The fraction of sp³-hybridized carbons (Fsp3) is 0. The number of rotatable bonds is 3. The maximum Gasteiger partial charge on any atom is 0.255 e. The number of fused-ring (bicyclic) bond motifs is 1. The molecule has 0 bridgehead atoms. The van der Waals surface area contributed by atoms with Crippen LogP contribution in [0.4, 0.5) is 5.69 Å². The summed E-state index contributed by atoms with van der Waals surface area (Å²) in [6, 6.07) is 15.8. The summed E-state index contributed by atoms with van der Waals surface area (Å²) < 4.78 is 5.79. The van der Waals surface area contributed by atoms with Gasteiger partial charge in [-0.3, -0.25) is 9.78 Å². The molecule has 4 rings (SSSR count). The van der Waals surface area contributed by atoms with Gasteiger partial charge in [0.2, 0.25) is 5.89 Å². The quantitative estimate of drug-likeness (QED) is 0.577. The van der Waals surface area contributed by atoms with Gasteiger partial charge in [-0.05, 0) is 42.5 Å². The lowest BCUT2D eigenvalue weighted by molar-refractivity contribution is 0.102. The second kappa shape index (κ2) is 6.37. The number of nitrogens with zero attached hydrogens (tertiary/aromatic N) is 2. The van der Waals surface area contributed by atoms with Crippen LogP contribution in [-0.4, -0.2) is 15.9 Å². The van der Waals surface area contributed by atoms with Gasteiger partial charge in [0.1, 0.15) is 5.52 Å². The van der Waals surface area contributed by atoms with Crippen LogP contribution in [0.1, 0.15) is 10.4 Å². The number of halogens is 1. The predicted octanol–water partition coefficient (Wildman–Crippen LogP) is 4.80. The summed E-state index contributed by atoms with van der Waals surface area (Å²) in [4.78, 5) is 20.7. The highest BCUT2D eigenvalue weighted by Crippen LogP contribution is 2.26. The van der Waals surface area contributed by atoms with E-state index in [0.717, 1.165) is 5.56 Å². The molecule has 25 heavy (non-hydrogen) atoms. The van der Waals surface area contributed by atoms with Gasteiger partial charge in [-0.1, -0.05) is 17.7 Å².